The van der Waals surface area contributed by atoms with Crippen molar-refractivity contribution in [3.8, 4) is 0 Å². The lowest BCUT2D eigenvalue weighted by Crippen LogP contribution is -2.15. The lowest BCUT2D eigenvalue weighted by molar-refractivity contribution is -0.148. The molecular formula is C8H16O3. The van der Waals surface area contributed by atoms with Gasteiger partial charge < -0.3 is 9.47 Å². The maximum Gasteiger partial charge on any atom is 0.305 e. The van der Waals surface area contributed by atoms with Crippen LogP contribution < -0.4 is 0 Å². The molecule has 66 valence electrons. The van der Waals surface area contributed by atoms with Gasteiger partial charge in [0.15, 0.2) is 0 Å². The van der Waals surface area contributed by atoms with E-state index in [0.29, 0.717) is 13.0 Å². The Kier molecular flexibility index (Phi) is 5.84. The first-order valence-corrected chi connectivity index (χ1v) is 3.89. The third-order valence-corrected chi connectivity index (χ3v) is 1.35. The molecule has 0 heterocycles. The van der Waals surface area contributed by atoms with Crippen LogP contribution in [0.25, 0.3) is 0 Å². The van der Waals surface area contributed by atoms with Crippen LogP contribution in [0.15, 0.2) is 0 Å². The third-order valence-electron chi connectivity index (χ3n) is 1.35. The fourth-order valence-corrected chi connectivity index (χ4v) is 0.650. The van der Waals surface area contributed by atoms with Gasteiger partial charge in [0.2, 0.25) is 0 Å². The molecule has 0 N–H and O–H groups in total. The van der Waals surface area contributed by atoms with E-state index in [1.54, 1.807) is 14.0 Å². The normalized spacial score (nSPS) is 12.6. The molecule has 3 nitrogen and oxygen atoms in total. The van der Waals surface area contributed by atoms with E-state index < -0.39 is 0 Å². The summed E-state index contributed by atoms with van der Waals surface area (Å²) in [5.41, 5.74) is 0. The van der Waals surface area contributed by atoms with E-state index in [-0.39, 0.29) is 12.1 Å². The maximum atomic E-state index is 10.7. The molecule has 0 aliphatic carbocycles. The second-order valence-corrected chi connectivity index (χ2v) is 2.44. The van der Waals surface area contributed by atoms with Crippen LogP contribution in [-0.4, -0.2) is 25.8 Å². The molecule has 0 spiro atoms. The topological polar surface area (TPSA) is 35.5 Å². The van der Waals surface area contributed by atoms with E-state index in [9.17, 15) is 4.79 Å². The summed E-state index contributed by atoms with van der Waals surface area (Å²) in [6.07, 6.45) is 1.18. The molecule has 0 saturated heterocycles. The van der Waals surface area contributed by atoms with E-state index >= 15 is 0 Å². The van der Waals surface area contributed by atoms with E-state index in [1.165, 1.54) is 0 Å². The minimum atomic E-state index is -0.145. The smallest absolute Gasteiger partial charge is 0.305 e. The monoisotopic (exact) mass is 160 g/mol. The van der Waals surface area contributed by atoms with Crippen LogP contribution in [0.1, 0.15) is 26.7 Å². The minimum absolute atomic E-state index is 0.0256. The first kappa shape index (κ1) is 10.4. The molecule has 0 aromatic rings. The zero-order valence-electron chi connectivity index (χ0n) is 7.42. The fraction of sp³-hybridized carbons (Fsp3) is 0.875. The SMILES string of the molecule is CCC(=O)O[C@@H](C)CCOC. The van der Waals surface area contributed by atoms with E-state index in [1.807, 2.05) is 6.92 Å². The molecule has 11 heavy (non-hydrogen) atoms. The average molecular weight is 160 g/mol. The van der Waals surface area contributed by atoms with Gasteiger partial charge in [0.1, 0.15) is 6.10 Å². The number of methoxy groups -OCH3 is 1. The number of hydrogen-bond donors (Lipinski definition) is 0. The highest BCUT2D eigenvalue weighted by molar-refractivity contribution is 5.69. The number of carbonyl (C=O) groups excluding carboxylic acids is 1. The van der Waals surface area contributed by atoms with Gasteiger partial charge in [-0.25, -0.2) is 0 Å². The van der Waals surface area contributed by atoms with Crippen LogP contribution in [0.5, 0.6) is 0 Å². The molecular weight excluding hydrogens is 144 g/mol. The summed E-state index contributed by atoms with van der Waals surface area (Å²) in [5.74, 6) is -0.145. The second-order valence-electron chi connectivity index (χ2n) is 2.44. The van der Waals surface area contributed by atoms with Crippen LogP contribution in [0.4, 0.5) is 0 Å². The summed E-state index contributed by atoms with van der Waals surface area (Å²) in [6, 6.07) is 0. The Balaban J connectivity index is 3.35. The number of ether oxygens (including phenoxy) is 2. The van der Waals surface area contributed by atoms with E-state index in [2.05, 4.69) is 0 Å². The average Bonchev–Trinajstić information content (AvgIpc) is 2.00. The van der Waals surface area contributed by atoms with Gasteiger partial charge in [-0.2, -0.15) is 0 Å². The molecule has 0 bridgehead atoms. The highest BCUT2D eigenvalue weighted by Crippen LogP contribution is 1.99. The summed E-state index contributed by atoms with van der Waals surface area (Å²) in [6.45, 7) is 4.29. The lowest BCUT2D eigenvalue weighted by Gasteiger charge is -2.11. The molecule has 0 aromatic heterocycles. The van der Waals surface area contributed by atoms with Gasteiger partial charge in [-0.1, -0.05) is 6.92 Å². The standard InChI is InChI=1S/C8H16O3/c1-4-8(9)11-7(2)5-6-10-3/h7H,4-6H2,1-3H3/t7-/m0/s1. The third kappa shape index (κ3) is 5.85. The predicted molar refractivity (Wildman–Crippen MR) is 42.3 cm³/mol. The summed E-state index contributed by atoms with van der Waals surface area (Å²) < 4.78 is 9.82. The molecule has 0 fully saturated rings. The first-order chi connectivity index (χ1) is 5.20. The zero-order chi connectivity index (χ0) is 8.69. The summed E-state index contributed by atoms with van der Waals surface area (Å²) in [4.78, 5) is 10.7. The van der Waals surface area contributed by atoms with E-state index in [0.717, 1.165) is 6.42 Å². The molecule has 0 aliphatic rings. The Morgan fingerprint density at radius 1 is 1.55 bits per heavy atom. The molecule has 1 atom stereocenters. The van der Waals surface area contributed by atoms with Crippen molar-refractivity contribution in [2.75, 3.05) is 13.7 Å². The summed E-state index contributed by atoms with van der Waals surface area (Å²) in [5, 5.41) is 0. The number of hydrogen-bond acceptors (Lipinski definition) is 3. The van der Waals surface area contributed by atoms with Crippen molar-refractivity contribution >= 4 is 5.97 Å². The van der Waals surface area contributed by atoms with Crippen LogP contribution in [0.2, 0.25) is 0 Å². The zero-order valence-corrected chi connectivity index (χ0v) is 7.42. The van der Waals surface area contributed by atoms with Gasteiger partial charge in [-0.05, 0) is 6.92 Å². The van der Waals surface area contributed by atoms with Crippen molar-refractivity contribution in [3.63, 3.8) is 0 Å². The number of rotatable bonds is 5. The minimum Gasteiger partial charge on any atom is -0.463 e. The molecule has 0 aromatic carbocycles. The summed E-state index contributed by atoms with van der Waals surface area (Å²) >= 11 is 0. The largest absolute Gasteiger partial charge is 0.463 e. The van der Waals surface area contributed by atoms with Gasteiger partial charge in [-0.15, -0.1) is 0 Å². The van der Waals surface area contributed by atoms with Crippen molar-refractivity contribution in [2.45, 2.75) is 32.8 Å². The van der Waals surface area contributed by atoms with Gasteiger partial charge in [0.05, 0.1) is 0 Å². The Labute approximate surface area is 67.7 Å². The Morgan fingerprint density at radius 2 is 2.18 bits per heavy atom. The van der Waals surface area contributed by atoms with Crippen LogP contribution in [0, 0.1) is 0 Å². The molecule has 3 heteroatoms. The molecule has 0 radical (unpaired) electrons. The van der Waals surface area contributed by atoms with Crippen molar-refractivity contribution in [1.29, 1.82) is 0 Å². The summed E-state index contributed by atoms with van der Waals surface area (Å²) in [7, 11) is 1.63. The quantitative estimate of drug-likeness (QED) is 0.570. The van der Waals surface area contributed by atoms with Gasteiger partial charge in [0.25, 0.3) is 0 Å². The second kappa shape index (κ2) is 6.16. The lowest BCUT2D eigenvalue weighted by atomic mass is 10.3. The van der Waals surface area contributed by atoms with Gasteiger partial charge in [-0.3, -0.25) is 4.79 Å². The maximum absolute atomic E-state index is 10.7. The fourth-order valence-electron chi connectivity index (χ4n) is 0.650. The molecule has 0 rings (SSSR count). The first-order valence-electron chi connectivity index (χ1n) is 3.89. The number of esters is 1. The predicted octanol–water partition coefficient (Wildman–Crippen LogP) is 1.36. The van der Waals surface area contributed by atoms with Gasteiger partial charge in [0, 0.05) is 26.6 Å². The highest BCUT2D eigenvalue weighted by Gasteiger charge is 2.05. The molecule has 0 unspecified atom stereocenters. The van der Waals surface area contributed by atoms with Crippen LogP contribution in [-0.2, 0) is 14.3 Å². The number of carbonyl (C=O) groups is 1. The Bertz CT molecular complexity index is 112. The van der Waals surface area contributed by atoms with Crippen LogP contribution >= 0.6 is 0 Å². The van der Waals surface area contributed by atoms with Crippen molar-refractivity contribution in [3.05, 3.63) is 0 Å². The molecule has 0 aliphatic heterocycles. The van der Waals surface area contributed by atoms with Gasteiger partial charge >= 0.3 is 5.97 Å². The highest BCUT2D eigenvalue weighted by atomic mass is 16.5. The van der Waals surface area contributed by atoms with Crippen molar-refractivity contribution in [2.24, 2.45) is 0 Å². The molecule has 0 saturated carbocycles. The van der Waals surface area contributed by atoms with Crippen LogP contribution in [0.3, 0.4) is 0 Å². The molecule has 0 amide bonds. The Hall–Kier alpha value is -0.570. The Morgan fingerprint density at radius 3 is 2.64 bits per heavy atom. The van der Waals surface area contributed by atoms with Crippen molar-refractivity contribution < 1.29 is 14.3 Å². The van der Waals surface area contributed by atoms with Crippen molar-refractivity contribution in [1.82, 2.24) is 0 Å². The van der Waals surface area contributed by atoms with E-state index in [4.69, 9.17) is 9.47 Å².